The zero-order valence-corrected chi connectivity index (χ0v) is 31.4. The second-order valence-electron chi connectivity index (χ2n) is 13.0. The Morgan fingerprint density at radius 1 is 0.604 bits per heavy atom. The van der Waals surface area contributed by atoms with Gasteiger partial charge in [-0.2, -0.15) is 0 Å². The summed E-state index contributed by atoms with van der Waals surface area (Å²) in [6, 6.07) is 0. The van der Waals surface area contributed by atoms with Gasteiger partial charge in [-0.15, -0.1) is 0 Å². The van der Waals surface area contributed by atoms with Gasteiger partial charge in [0.25, 0.3) is 0 Å². The van der Waals surface area contributed by atoms with Crippen molar-refractivity contribution in [2.75, 3.05) is 26.4 Å². The van der Waals surface area contributed by atoms with Crippen molar-refractivity contribution < 1.29 is 47.8 Å². The minimum atomic E-state index is -4.60. The van der Waals surface area contributed by atoms with E-state index in [0.29, 0.717) is 12.8 Å². The van der Waals surface area contributed by atoms with Crippen LogP contribution >= 0.6 is 7.82 Å². The van der Waals surface area contributed by atoms with E-state index in [-0.39, 0.29) is 19.4 Å². The molecule has 3 N–H and O–H groups in total. The lowest BCUT2D eigenvalue weighted by Gasteiger charge is -2.20. The molecule has 0 saturated heterocycles. The Morgan fingerprint density at radius 3 is 1.56 bits per heavy atom. The molecule has 0 saturated carbocycles. The normalized spacial score (nSPS) is 14.2. The summed E-state index contributed by atoms with van der Waals surface area (Å²) in [7, 11) is -4.60. The number of aliphatic hydroxyl groups excluding tert-OH is 2. The summed E-state index contributed by atoms with van der Waals surface area (Å²) in [6.07, 6.45) is 29.0. The molecule has 0 aliphatic rings. The number of hydrogen-bond donors (Lipinski definition) is 3. The molecule has 0 aromatic heterocycles. The van der Waals surface area contributed by atoms with Crippen LogP contribution in [-0.4, -0.2) is 65.7 Å². The molecular weight excluding hydrogens is 635 g/mol. The lowest BCUT2D eigenvalue weighted by Crippen LogP contribution is -2.29. The van der Waals surface area contributed by atoms with Crippen LogP contribution in [-0.2, 0) is 32.7 Å². The van der Waals surface area contributed by atoms with E-state index < -0.39 is 51.8 Å². The van der Waals surface area contributed by atoms with Crippen molar-refractivity contribution in [1.29, 1.82) is 0 Å². The maximum absolute atomic E-state index is 12.5. The number of phosphoric ester groups is 1. The molecule has 0 aromatic rings. The first-order valence-corrected chi connectivity index (χ1v) is 20.6. The van der Waals surface area contributed by atoms with Crippen LogP contribution in [0.25, 0.3) is 0 Å². The third kappa shape index (κ3) is 33.2. The topological polar surface area (TPSA) is 149 Å². The molecule has 0 aliphatic carbocycles. The largest absolute Gasteiger partial charge is 0.472 e. The predicted molar refractivity (Wildman–Crippen MR) is 192 cm³/mol. The van der Waals surface area contributed by atoms with Gasteiger partial charge in [0.2, 0.25) is 0 Å². The minimum absolute atomic E-state index is 0.185. The standard InChI is InChI=1S/C37H71O10P/c1-3-5-7-9-11-13-15-16-17-18-19-21-23-25-27-29-37(41)47-35(33-46-48(42,43)45-31-34(39)30-38)32-44-36(40)28-26-24-22-20-14-12-10-8-6-4-2/h9,11,34-35,38-39H,3-8,10,12-33H2,1-2H3,(H,42,43)/b11-9+/t34-,35+/m0/s1. The number of allylic oxidation sites excluding steroid dienone is 2. The molecule has 48 heavy (non-hydrogen) atoms. The van der Waals surface area contributed by atoms with Gasteiger partial charge in [0, 0.05) is 12.8 Å². The summed E-state index contributed by atoms with van der Waals surface area (Å²) >= 11 is 0. The van der Waals surface area contributed by atoms with Crippen LogP contribution < -0.4 is 0 Å². The van der Waals surface area contributed by atoms with E-state index in [0.717, 1.165) is 38.5 Å². The van der Waals surface area contributed by atoms with Gasteiger partial charge >= 0.3 is 19.8 Å². The van der Waals surface area contributed by atoms with Crippen molar-refractivity contribution in [3.63, 3.8) is 0 Å². The Hall–Kier alpha value is -1.29. The number of aliphatic hydroxyl groups is 2. The monoisotopic (exact) mass is 706 g/mol. The number of rotatable bonds is 36. The van der Waals surface area contributed by atoms with Crippen molar-refractivity contribution in [1.82, 2.24) is 0 Å². The minimum Gasteiger partial charge on any atom is -0.462 e. The lowest BCUT2D eigenvalue weighted by molar-refractivity contribution is -0.161. The fraction of sp³-hybridized carbons (Fsp3) is 0.892. The predicted octanol–water partition coefficient (Wildman–Crippen LogP) is 9.28. The van der Waals surface area contributed by atoms with Crippen molar-refractivity contribution >= 4 is 19.8 Å². The molecule has 11 heteroatoms. The Morgan fingerprint density at radius 2 is 1.04 bits per heavy atom. The van der Waals surface area contributed by atoms with Crippen molar-refractivity contribution in [3.8, 4) is 0 Å². The molecule has 0 amide bonds. The summed E-state index contributed by atoms with van der Waals surface area (Å²) in [5.74, 6) is -0.924. The number of carbonyl (C=O) groups is 2. The molecule has 0 rings (SSSR count). The van der Waals surface area contributed by atoms with Crippen molar-refractivity contribution in [3.05, 3.63) is 12.2 Å². The number of unbranched alkanes of at least 4 members (excludes halogenated alkanes) is 20. The van der Waals surface area contributed by atoms with E-state index >= 15 is 0 Å². The molecule has 1 unspecified atom stereocenters. The molecule has 0 heterocycles. The van der Waals surface area contributed by atoms with Crippen molar-refractivity contribution in [2.24, 2.45) is 0 Å². The van der Waals surface area contributed by atoms with Gasteiger partial charge in [-0.3, -0.25) is 18.6 Å². The summed E-state index contributed by atoms with van der Waals surface area (Å²) in [5, 5.41) is 18.3. The molecule has 0 spiro atoms. The van der Waals surface area contributed by atoms with Gasteiger partial charge in [-0.25, -0.2) is 4.57 Å². The second kappa shape index (κ2) is 34.2. The second-order valence-corrected chi connectivity index (χ2v) is 14.4. The third-order valence-electron chi connectivity index (χ3n) is 8.17. The maximum atomic E-state index is 12.5. The highest BCUT2D eigenvalue weighted by Crippen LogP contribution is 2.43. The van der Waals surface area contributed by atoms with E-state index in [1.54, 1.807) is 0 Å². The number of carbonyl (C=O) groups excluding carboxylic acids is 2. The number of hydrogen-bond acceptors (Lipinski definition) is 9. The van der Waals surface area contributed by atoms with Gasteiger partial charge in [-0.05, 0) is 32.1 Å². The van der Waals surface area contributed by atoms with Crippen LogP contribution in [0, 0.1) is 0 Å². The first-order chi connectivity index (χ1) is 23.2. The lowest BCUT2D eigenvalue weighted by atomic mass is 10.1. The van der Waals surface area contributed by atoms with E-state index in [1.807, 2.05) is 0 Å². The van der Waals surface area contributed by atoms with E-state index in [1.165, 1.54) is 96.3 Å². The van der Waals surface area contributed by atoms with Gasteiger partial charge in [-0.1, -0.05) is 142 Å². The third-order valence-corrected chi connectivity index (χ3v) is 9.12. The number of esters is 2. The molecular formula is C37H71O10P. The van der Waals surface area contributed by atoms with Crippen LogP contribution in [0.1, 0.15) is 174 Å². The smallest absolute Gasteiger partial charge is 0.462 e. The first-order valence-electron chi connectivity index (χ1n) is 19.1. The van der Waals surface area contributed by atoms with E-state index in [4.69, 9.17) is 19.1 Å². The van der Waals surface area contributed by atoms with Gasteiger partial charge in [0.15, 0.2) is 6.10 Å². The van der Waals surface area contributed by atoms with Crippen LogP contribution in [0.2, 0.25) is 0 Å². The van der Waals surface area contributed by atoms with Crippen LogP contribution in [0.5, 0.6) is 0 Å². The summed E-state index contributed by atoms with van der Waals surface area (Å²) in [4.78, 5) is 34.8. The van der Waals surface area contributed by atoms with Crippen molar-refractivity contribution in [2.45, 2.75) is 187 Å². The molecule has 0 fully saturated rings. The molecule has 3 atom stereocenters. The quantitative estimate of drug-likeness (QED) is 0.0249. The average molecular weight is 707 g/mol. The van der Waals surface area contributed by atoms with Crippen LogP contribution in [0.4, 0.5) is 0 Å². The molecule has 0 bridgehead atoms. The SMILES string of the molecule is CCCC/C=C/CCCCCCCCCCCC(=O)O[C@H](COC(=O)CCCCCCCCCCCC)COP(=O)(O)OC[C@@H](O)CO. The van der Waals surface area contributed by atoms with Crippen LogP contribution in [0.3, 0.4) is 0 Å². The zero-order valence-electron chi connectivity index (χ0n) is 30.5. The summed E-state index contributed by atoms with van der Waals surface area (Å²) < 4.78 is 32.5. The fourth-order valence-electron chi connectivity index (χ4n) is 5.15. The van der Waals surface area contributed by atoms with Gasteiger partial charge < -0.3 is 24.6 Å². The highest BCUT2D eigenvalue weighted by molar-refractivity contribution is 7.47. The molecule has 284 valence electrons. The highest BCUT2D eigenvalue weighted by atomic mass is 31.2. The Bertz CT molecular complexity index is 822. The molecule has 10 nitrogen and oxygen atoms in total. The summed E-state index contributed by atoms with van der Waals surface area (Å²) in [5.41, 5.74) is 0. The number of ether oxygens (including phenoxy) is 2. The molecule has 0 aromatic carbocycles. The zero-order chi connectivity index (χ0) is 35.6. The maximum Gasteiger partial charge on any atom is 0.472 e. The van der Waals surface area contributed by atoms with E-state index in [2.05, 4.69) is 30.5 Å². The summed E-state index contributed by atoms with van der Waals surface area (Å²) in [6.45, 7) is 2.33. The first kappa shape index (κ1) is 46.7. The molecule has 0 radical (unpaired) electrons. The Labute approximate surface area is 292 Å². The van der Waals surface area contributed by atoms with E-state index in [9.17, 15) is 24.2 Å². The Balaban J connectivity index is 4.34. The fourth-order valence-corrected chi connectivity index (χ4v) is 5.94. The number of phosphoric acid groups is 1. The van der Waals surface area contributed by atoms with Gasteiger partial charge in [0.05, 0.1) is 19.8 Å². The highest BCUT2D eigenvalue weighted by Gasteiger charge is 2.27. The molecule has 0 aliphatic heterocycles. The Kier molecular flexibility index (Phi) is 33.3. The van der Waals surface area contributed by atoms with Crippen LogP contribution in [0.15, 0.2) is 12.2 Å². The average Bonchev–Trinajstić information content (AvgIpc) is 3.07. The van der Waals surface area contributed by atoms with Gasteiger partial charge in [0.1, 0.15) is 12.7 Å².